The van der Waals surface area contributed by atoms with Crippen molar-refractivity contribution in [2.45, 2.75) is 51.0 Å². The van der Waals surface area contributed by atoms with Crippen molar-refractivity contribution in [2.75, 3.05) is 13.6 Å². The lowest BCUT2D eigenvalue weighted by molar-refractivity contribution is -0.139. The van der Waals surface area contributed by atoms with E-state index in [2.05, 4.69) is 22.4 Å². The van der Waals surface area contributed by atoms with Crippen molar-refractivity contribution in [1.29, 1.82) is 0 Å². The monoisotopic (exact) mass is 353 g/mol. The van der Waals surface area contributed by atoms with Gasteiger partial charge in [-0.25, -0.2) is 0 Å². The van der Waals surface area contributed by atoms with Crippen LogP contribution in [0.3, 0.4) is 0 Å². The molecule has 5 nitrogen and oxygen atoms in total. The number of hydrogen-bond donors (Lipinski definition) is 2. The quantitative estimate of drug-likeness (QED) is 0.868. The molecule has 2 atom stereocenters. The molecule has 2 fully saturated rings. The maximum absolute atomic E-state index is 12.4. The molecule has 5 heteroatoms. The van der Waals surface area contributed by atoms with Gasteiger partial charge in [0.25, 0.3) is 0 Å². The number of benzene rings is 1. The van der Waals surface area contributed by atoms with Gasteiger partial charge in [-0.05, 0) is 37.3 Å². The Morgan fingerprint density at radius 1 is 1.35 bits per heavy atom. The molecule has 1 aromatic heterocycles. The van der Waals surface area contributed by atoms with Crippen molar-refractivity contribution in [3.05, 3.63) is 36.0 Å². The van der Waals surface area contributed by atoms with Gasteiger partial charge in [-0.15, -0.1) is 0 Å². The minimum absolute atomic E-state index is 0.0824. The van der Waals surface area contributed by atoms with Crippen LogP contribution < -0.4 is 5.32 Å². The van der Waals surface area contributed by atoms with Gasteiger partial charge < -0.3 is 15.2 Å². The minimum atomic E-state index is 0.0824. The second kappa shape index (κ2) is 6.78. The summed E-state index contributed by atoms with van der Waals surface area (Å²) in [4.78, 5) is 29.6. The van der Waals surface area contributed by atoms with Crippen LogP contribution in [0.2, 0.25) is 0 Å². The topological polar surface area (TPSA) is 65.2 Å². The number of aryl methyl sites for hydroxylation is 1. The second-order valence-corrected chi connectivity index (χ2v) is 7.91. The zero-order valence-corrected chi connectivity index (χ0v) is 15.4. The number of rotatable bonds is 5. The first-order chi connectivity index (χ1) is 12.6. The third-order valence-corrected chi connectivity index (χ3v) is 6.49. The van der Waals surface area contributed by atoms with Crippen LogP contribution in [0.25, 0.3) is 10.9 Å². The lowest BCUT2D eigenvalue weighted by Crippen LogP contribution is -2.54. The molecule has 0 radical (unpaired) electrons. The van der Waals surface area contributed by atoms with E-state index in [4.69, 9.17) is 0 Å². The fourth-order valence-corrected chi connectivity index (χ4v) is 4.97. The highest BCUT2D eigenvalue weighted by Crippen LogP contribution is 2.47. The molecule has 0 bridgehead atoms. The molecule has 1 aliphatic carbocycles. The summed E-state index contributed by atoms with van der Waals surface area (Å²) in [5, 5.41) is 4.37. The van der Waals surface area contributed by atoms with Crippen LogP contribution in [0.4, 0.5) is 0 Å². The van der Waals surface area contributed by atoms with E-state index in [1.54, 1.807) is 0 Å². The molecule has 4 rings (SSSR count). The zero-order chi connectivity index (χ0) is 18.1. The molecule has 26 heavy (non-hydrogen) atoms. The molecule has 1 saturated heterocycles. The molecule has 2 amide bonds. The number of para-hydroxylation sites is 1. The molecule has 1 aromatic carbocycles. The molecule has 1 saturated carbocycles. The molecule has 2 aliphatic rings. The highest BCUT2D eigenvalue weighted by molar-refractivity contribution is 5.84. The van der Waals surface area contributed by atoms with Crippen molar-refractivity contribution in [1.82, 2.24) is 15.2 Å². The summed E-state index contributed by atoms with van der Waals surface area (Å²) < 4.78 is 0. The molecule has 138 valence electrons. The van der Waals surface area contributed by atoms with Gasteiger partial charge in [0.05, 0.1) is 0 Å². The number of H-pyrrole nitrogens is 1. The largest absolute Gasteiger partial charge is 0.361 e. The molecule has 2 heterocycles. The van der Waals surface area contributed by atoms with Crippen LogP contribution in [-0.2, 0) is 16.0 Å². The molecule has 1 aliphatic heterocycles. The Balaban J connectivity index is 1.34. The Morgan fingerprint density at radius 2 is 2.19 bits per heavy atom. The number of aromatic amines is 1. The smallest absolute Gasteiger partial charge is 0.222 e. The molecular formula is C21H27N3O2. The van der Waals surface area contributed by atoms with Crippen LogP contribution in [0, 0.1) is 5.41 Å². The van der Waals surface area contributed by atoms with Gasteiger partial charge in [0.15, 0.2) is 0 Å². The van der Waals surface area contributed by atoms with E-state index in [1.807, 2.05) is 30.3 Å². The summed E-state index contributed by atoms with van der Waals surface area (Å²) in [7, 11) is 1.92. The van der Waals surface area contributed by atoms with Crippen molar-refractivity contribution in [2.24, 2.45) is 5.41 Å². The number of carbonyl (C=O) groups is 2. The summed E-state index contributed by atoms with van der Waals surface area (Å²) >= 11 is 0. The van der Waals surface area contributed by atoms with Crippen molar-refractivity contribution >= 4 is 22.7 Å². The van der Waals surface area contributed by atoms with E-state index in [1.165, 1.54) is 10.9 Å². The molecule has 0 spiro atoms. The number of nitrogens with one attached hydrogen (secondary N) is 2. The van der Waals surface area contributed by atoms with Crippen LogP contribution in [0.5, 0.6) is 0 Å². The van der Waals surface area contributed by atoms with Gasteiger partial charge >= 0.3 is 0 Å². The Morgan fingerprint density at radius 3 is 3.08 bits per heavy atom. The fourth-order valence-electron chi connectivity index (χ4n) is 4.97. The van der Waals surface area contributed by atoms with Crippen LogP contribution in [0.1, 0.15) is 44.1 Å². The van der Waals surface area contributed by atoms with Gasteiger partial charge in [-0.3, -0.25) is 9.59 Å². The van der Waals surface area contributed by atoms with Crippen LogP contribution >= 0.6 is 0 Å². The first-order valence-corrected chi connectivity index (χ1v) is 9.66. The first kappa shape index (κ1) is 17.1. The van der Waals surface area contributed by atoms with E-state index in [0.717, 1.165) is 37.6 Å². The van der Waals surface area contributed by atoms with Gasteiger partial charge in [-0.1, -0.05) is 24.6 Å². The van der Waals surface area contributed by atoms with E-state index in [0.29, 0.717) is 19.4 Å². The second-order valence-electron chi connectivity index (χ2n) is 7.91. The van der Waals surface area contributed by atoms with E-state index in [-0.39, 0.29) is 23.3 Å². The third-order valence-electron chi connectivity index (χ3n) is 6.49. The van der Waals surface area contributed by atoms with Gasteiger partial charge in [-0.2, -0.15) is 0 Å². The standard InChI is InChI=1S/C21H27N3O2/c1-24-18-7-4-11-21(18,12-10-20(24)26)14-23-19(25)9-8-15-13-22-17-6-3-2-5-16(15)17/h2-3,5-6,13,18,22H,4,7-12,14H2,1H3,(H,23,25). The fraction of sp³-hybridized carbons (Fsp3) is 0.524. The number of piperidine rings is 1. The lowest BCUT2D eigenvalue weighted by Gasteiger charge is -2.44. The van der Waals surface area contributed by atoms with Gasteiger partial charge in [0, 0.05) is 55.0 Å². The maximum atomic E-state index is 12.4. The molecule has 2 unspecified atom stereocenters. The highest BCUT2D eigenvalue weighted by Gasteiger charge is 2.48. The van der Waals surface area contributed by atoms with Gasteiger partial charge in [0.1, 0.15) is 0 Å². The molecule has 2 aromatic rings. The van der Waals surface area contributed by atoms with Gasteiger partial charge in [0.2, 0.25) is 11.8 Å². The Hall–Kier alpha value is -2.30. The summed E-state index contributed by atoms with van der Waals surface area (Å²) in [5.74, 6) is 0.355. The maximum Gasteiger partial charge on any atom is 0.222 e. The Kier molecular flexibility index (Phi) is 4.47. The van der Waals surface area contributed by atoms with Crippen molar-refractivity contribution in [3.63, 3.8) is 0 Å². The van der Waals surface area contributed by atoms with E-state index < -0.39 is 0 Å². The normalized spacial score (nSPS) is 25.5. The summed E-state index contributed by atoms with van der Waals surface area (Å²) in [6, 6.07) is 8.48. The lowest BCUT2D eigenvalue weighted by atomic mass is 9.74. The number of fused-ring (bicyclic) bond motifs is 2. The SMILES string of the molecule is CN1C(=O)CCC2(CNC(=O)CCc3c[nH]c4ccccc34)CCCC12. The first-order valence-electron chi connectivity index (χ1n) is 9.66. The zero-order valence-electron chi connectivity index (χ0n) is 15.4. The average molecular weight is 353 g/mol. The minimum Gasteiger partial charge on any atom is -0.361 e. The average Bonchev–Trinajstić information content (AvgIpc) is 3.27. The number of nitrogens with zero attached hydrogens (tertiary/aromatic N) is 1. The van der Waals surface area contributed by atoms with Crippen molar-refractivity contribution < 1.29 is 9.59 Å². The predicted molar refractivity (Wildman–Crippen MR) is 102 cm³/mol. The van der Waals surface area contributed by atoms with Crippen LogP contribution in [-0.4, -0.2) is 41.3 Å². The summed E-state index contributed by atoms with van der Waals surface area (Å²) in [5.41, 5.74) is 2.39. The third kappa shape index (κ3) is 3.00. The Labute approximate surface area is 154 Å². The van der Waals surface area contributed by atoms with E-state index in [9.17, 15) is 9.59 Å². The predicted octanol–water partition coefficient (Wildman–Crippen LogP) is 3.01. The molecule has 2 N–H and O–H groups in total. The number of likely N-dealkylation sites (tertiary alicyclic amines) is 1. The number of aromatic nitrogens is 1. The molecular weight excluding hydrogens is 326 g/mol. The summed E-state index contributed by atoms with van der Waals surface area (Å²) in [6.45, 7) is 0.696. The number of amides is 2. The van der Waals surface area contributed by atoms with E-state index >= 15 is 0 Å². The van der Waals surface area contributed by atoms with Crippen LogP contribution in [0.15, 0.2) is 30.5 Å². The number of carbonyl (C=O) groups excluding carboxylic acids is 2. The Bertz CT molecular complexity index is 828. The summed E-state index contributed by atoms with van der Waals surface area (Å²) in [6.07, 6.45) is 8.08. The number of hydrogen-bond acceptors (Lipinski definition) is 2. The highest BCUT2D eigenvalue weighted by atomic mass is 16.2. The van der Waals surface area contributed by atoms with Crippen molar-refractivity contribution in [3.8, 4) is 0 Å².